The molecular formula is C13H17ClN2O3. The number of halogens is 1. The van der Waals surface area contributed by atoms with Gasteiger partial charge < -0.3 is 15.3 Å². The Labute approximate surface area is 117 Å². The van der Waals surface area contributed by atoms with Crippen molar-refractivity contribution < 1.29 is 14.7 Å². The highest BCUT2D eigenvalue weighted by Crippen LogP contribution is 2.26. The Morgan fingerprint density at radius 2 is 2.11 bits per heavy atom. The highest BCUT2D eigenvalue weighted by Gasteiger charge is 2.18. The fraction of sp³-hybridized carbons (Fsp3) is 0.385. The molecule has 1 aromatic rings. The normalized spacial score (nSPS) is 10.1. The highest BCUT2D eigenvalue weighted by molar-refractivity contribution is 6.34. The molecule has 0 unspecified atom stereocenters. The van der Waals surface area contributed by atoms with E-state index in [-0.39, 0.29) is 23.0 Å². The lowest BCUT2D eigenvalue weighted by Crippen LogP contribution is -2.36. The molecule has 0 saturated carbocycles. The van der Waals surface area contributed by atoms with Crippen LogP contribution >= 0.6 is 11.6 Å². The Morgan fingerprint density at radius 1 is 1.42 bits per heavy atom. The molecule has 0 bridgehead atoms. The summed E-state index contributed by atoms with van der Waals surface area (Å²) in [6.45, 7) is 2.65. The Hall–Kier alpha value is -1.75. The number of hydrogen-bond acceptors (Lipinski definition) is 3. The third kappa shape index (κ3) is 4.13. The predicted molar refractivity (Wildman–Crippen MR) is 75.0 cm³/mol. The van der Waals surface area contributed by atoms with Crippen LogP contribution in [0.1, 0.15) is 23.7 Å². The van der Waals surface area contributed by atoms with E-state index in [0.29, 0.717) is 12.2 Å². The standard InChI is InChI=1S/C13H17ClN2O3/c1-3-7-15-11(17)8-16(2)10-6-4-5-9(14)12(10)13(18)19/h4-6H,3,7-8H2,1-2H3,(H,15,17)(H,18,19). The van der Waals surface area contributed by atoms with E-state index < -0.39 is 5.97 Å². The van der Waals surface area contributed by atoms with Crippen LogP contribution in [-0.2, 0) is 4.79 Å². The summed E-state index contributed by atoms with van der Waals surface area (Å²) in [5.41, 5.74) is 0.432. The number of benzene rings is 1. The molecule has 2 N–H and O–H groups in total. The van der Waals surface area contributed by atoms with Gasteiger partial charge in [-0.1, -0.05) is 24.6 Å². The average Bonchev–Trinajstić information content (AvgIpc) is 2.35. The average molecular weight is 285 g/mol. The summed E-state index contributed by atoms with van der Waals surface area (Å²) in [7, 11) is 1.66. The van der Waals surface area contributed by atoms with E-state index in [0.717, 1.165) is 6.42 Å². The number of hydrogen-bond donors (Lipinski definition) is 2. The second kappa shape index (κ2) is 6.99. The quantitative estimate of drug-likeness (QED) is 0.838. The summed E-state index contributed by atoms with van der Waals surface area (Å²) in [6, 6.07) is 4.80. The zero-order valence-corrected chi connectivity index (χ0v) is 11.7. The van der Waals surface area contributed by atoms with Crippen LogP contribution in [0.2, 0.25) is 5.02 Å². The van der Waals surface area contributed by atoms with Gasteiger partial charge in [0.15, 0.2) is 0 Å². The highest BCUT2D eigenvalue weighted by atomic mass is 35.5. The van der Waals surface area contributed by atoms with Gasteiger partial charge in [0, 0.05) is 13.6 Å². The Morgan fingerprint density at radius 3 is 2.68 bits per heavy atom. The molecule has 0 fully saturated rings. The maximum absolute atomic E-state index is 11.6. The maximum atomic E-state index is 11.6. The van der Waals surface area contributed by atoms with Crippen molar-refractivity contribution in [1.82, 2.24) is 5.32 Å². The van der Waals surface area contributed by atoms with E-state index in [1.807, 2.05) is 6.92 Å². The minimum absolute atomic E-state index is 0.00922. The lowest BCUT2D eigenvalue weighted by Gasteiger charge is -2.21. The Balaban J connectivity index is 2.88. The molecule has 0 aliphatic heterocycles. The molecule has 6 heteroatoms. The van der Waals surface area contributed by atoms with Crippen molar-refractivity contribution in [3.63, 3.8) is 0 Å². The number of likely N-dealkylation sites (N-methyl/N-ethyl adjacent to an activating group) is 1. The Bertz CT molecular complexity index is 477. The minimum Gasteiger partial charge on any atom is -0.478 e. The second-order valence-electron chi connectivity index (χ2n) is 4.15. The van der Waals surface area contributed by atoms with Crippen molar-refractivity contribution in [1.29, 1.82) is 0 Å². The molecule has 0 radical (unpaired) electrons. The predicted octanol–water partition coefficient (Wildman–Crippen LogP) is 2.00. The van der Waals surface area contributed by atoms with E-state index >= 15 is 0 Å². The van der Waals surface area contributed by atoms with Gasteiger partial charge in [0.1, 0.15) is 5.56 Å². The van der Waals surface area contributed by atoms with Crippen molar-refractivity contribution >= 4 is 29.2 Å². The summed E-state index contributed by atoms with van der Waals surface area (Å²) in [5, 5.41) is 12.1. The number of carboxylic acid groups (broad SMARTS) is 1. The first kappa shape index (κ1) is 15.3. The summed E-state index contributed by atoms with van der Waals surface area (Å²) >= 11 is 5.88. The number of aromatic carboxylic acids is 1. The monoisotopic (exact) mass is 284 g/mol. The minimum atomic E-state index is -1.11. The van der Waals surface area contributed by atoms with Crippen molar-refractivity contribution in [2.45, 2.75) is 13.3 Å². The number of rotatable bonds is 6. The molecule has 104 valence electrons. The molecule has 0 aliphatic carbocycles. The van der Waals surface area contributed by atoms with Crippen molar-refractivity contribution in [3.8, 4) is 0 Å². The second-order valence-corrected chi connectivity index (χ2v) is 4.55. The lowest BCUT2D eigenvalue weighted by atomic mass is 10.1. The van der Waals surface area contributed by atoms with Gasteiger partial charge in [-0.25, -0.2) is 4.79 Å². The third-order valence-corrected chi connectivity index (χ3v) is 2.88. The molecule has 0 saturated heterocycles. The fourth-order valence-corrected chi connectivity index (χ4v) is 1.91. The van der Waals surface area contributed by atoms with E-state index in [9.17, 15) is 9.59 Å². The molecule has 1 amide bonds. The van der Waals surface area contributed by atoms with Crippen LogP contribution in [0.3, 0.4) is 0 Å². The van der Waals surface area contributed by atoms with Gasteiger partial charge >= 0.3 is 5.97 Å². The zero-order valence-electron chi connectivity index (χ0n) is 10.9. The van der Waals surface area contributed by atoms with E-state index in [4.69, 9.17) is 16.7 Å². The van der Waals surface area contributed by atoms with Gasteiger partial charge in [-0.3, -0.25) is 4.79 Å². The maximum Gasteiger partial charge on any atom is 0.339 e. The van der Waals surface area contributed by atoms with E-state index in [2.05, 4.69) is 5.32 Å². The van der Waals surface area contributed by atoms with Crippen molar-refractivity contribution in [2.24, 2.45) is 0 Å². The SMILES string of the molecule is CCCNC(=O)CN(C)c1cccc(Cl)c1C(=O)O. The van der Waals surface area contributed by atoms with Crippen LogP contribution in [0.15, 0.2) is 18.2 Å². The first-order valence-electron chi connectivity index (χ1n) is 5.97. The fourth-order valence-electron chi connectivity index (χ4n) is 1.66. The smallest absolute Gasteiger partial charge is 0.339 e. The molecule has 19 heavy (non-hydrogen) atoms. The molecule has 1 aromatic carbocycles. The summed E-state index contributed by atoms with van der Waals surface area (Å²) in [6.07, 6.45) is 0.854. The van der Waals surface area contributed by atoms with Gasteiger partial charge in [-0.2, -0.15) is 0 Å². The van der Waals surface area contributed by atoms with Crippen LogP contribution in [0.5, 0.6) is 0 Å². The van der Waals surface area contributed by atoms with Crippen LogP contribution < -0.4 is 10.2 Å². The molecule has 1 rings (SSSR count). The first-order valence-corrected chi connectivity index (χ1v) is 6.34. The molecule has 0 heterocycles. The first-order chi connectivity index (χ1) is 8.97. The van der Waals surface area contributed by atoms with Crippen molar-refractivity contribution in [2.75, 3.05) is 25.0 Å². The third-order valence-electron chi connectivity index (χ3n) is 2.57. The molecule has 5 nitrogen and oxygen atoms in total. The topological polar surface area (TPSA) is 69.6 Å². The number of carbonyl (C=O) groups is 2. The summed E-state index contributed by atoms with van der Waals surface area (Å²) in [5.74, 6) is -1.26. The molecule has 0 aliphatic rings. The summed E-state index contributed by atoms with van der Waals surface area (Å²) < 4.78 is 0. The number of anilines is 1. The number of carboxylic acids is 1. The zero-order chi connectivity index (χ0) is 14.4. The molecule has 0 aromatic heterocycles. The molecule has 0 atom stereocenters. The van der Waals surface area contributed by atoms with Gasteiger partial charge in [-0.05, 0) is 18.6 Å². The van der Waals surface area contributed by atoms with Gasteiger partial charge in [0.2, 0.25) is 5.91 Å². The van der Waals surface area contributed by atoms with Crippen molar-refractivity contribution in [3.05, 3.63) is 28.8 Å². The van der Waals surface area contributed by atoms with E-state index in [1.54, 1.807) is 24.1 Å². The number of carbonyl (C=O) groups excluding carboxylic acids is 1. The van der Waals surface area contributed by atoms with Crippen LogP contribution in [0.4, 0.5) is 5.69 Å². The van der Waals surface area contributed by atoms with E-state index in [1.165, 1.54) is 6.07 Å². The number of nitrogens with one attached hydrogen (secondary N) is 1. The Kier molecular flexibility index (Phi) is 5.63. The largest absolute Gasteiger partial charge is 0.478 e. The lowest BCUT2D eigenvalue weighted by molar-refractivity contribution is -0.119. The van der Waals surface area contributed by atoms with Gasteiger partial charge in [-0.15, -0.1) is 0 Å². The molecule has 0 spiro atoms. The molecular weight excluding hydrogens is 268 g/mol. The van der Waals surface area contributed by atoms with Crippen LogP contribution in [0, 0.1) is 0 Å². The van der Waals surface area contributed by atoms with Gasteiger partial charge in [0.05, 0.1) is 17.3 Å². The number of nitrogens with zero attached hydrogens (tertiary/aromatic N) is 1. The number of amides is 1. The van der Waals surface area contributed by atoms with Crippen LogP contribution in [0.25, 0.3) is 0 Å². The summed E-state index contributed by atoms with van der Waals surface area (Å²) in [4.78, 5) is 24.4. The van der Waals surface area contributed by atoms with Gasteiger partial charge in [0.25, 0.3) is 0 Å². The van der Waals surface area contributed by atoms with Crippen LogP contribution in [-0.4, -0.2) is 37.1 Å².